The normalized spacial score (nSPS) is 34.0. The molecule has 2 saturated carbocycles. The molecule has 2 aliphatic rings. The first-order chi connectivity index (χ1) is 8.75. The molecule has 0 spiro atoms. The Kier molecular flexibility index (Phi) is 3.97. The summed E-state index contributed by atoms with van der Waals surface area (Å²) in [7, 11) is 0. The SMILES string of the molecule is NC(c1sccc1Cl)C1CCC2CCCCC2C1. The van der Waals surface area contributed by atoms with Gasteiger partial charge in [-0.15, -0.1) is 11.3 Å². The second-order valence-corrected chi connectivity index (χ2v) is 7.39. The van der Waals surface area contributed by atoms with Gasteiger partial charge in [0, 0.05) is 10.9 Å². The Labute approximate surface area is 119 Å². The Morgan fingerprint density at radius 2 is 1.94 bits per heavy atom. The third-order valence-electron chi connectivity index (χ3n) is 5.04. The van der Waals surface area contributed by atoms with Crippen LogP contribution in [0.15, 0.2) is 11.4 Å². The number of hydrogen-bond acceptors (Lipinski definition) is 2. The molecule has 0 aliphatic heterocycles. The average Bonchev–Trinajstić information content (AvgIpc) is 2.83. The molecule has 3 rings (SSSR count). The number of hydrogen-bond donors (Lipinski definition) is 1. The Morgan fingerprint density at radius 3 is 2.67 bits per heavy atom. The summed E-state index contributed by atoms with van der Waals surface area (Å²) >= 11 is 7.95. The van der Waals surface area contributed by atoms with Gasteiger partial charge < -0.3 is 5.73 Å². The lowest BCUT2D eigenvalue weighted by Gasteiger charge is -2.41. The van der Waals surface area contributed by atoms with Crippen LogP contribution in [-0.4, -0.2) is 0 Å². The van der Waals surface area contributed by atoms with E-state index in [-0.39, 0.29) is 6.04 Å². The molecular weight excluding hydrogens is 262 g/mol. The van der Waals surface area contributed by atoms with Gasteiger partial charge in [0.1, 0.15) is 0 Å². The van der Waals surface area contributed by atoms with Gasteiger partial charge in [-0.05, 0) is 48.5 Å². The Balaban J connectivity index is 1.68. The van der Waals surface area contributed by atoms with Crippen molar-refractivity contribution >= 4 is 22.9 Å². The molecule has 1 aromatic heterocycles. The van der Waals surface area contributed by atoms with Crippen molar-refractivity contribution in [2.24, 2.45) is 23.5 Å². The van der Waals surface area contributed by atoms with E-state index in [0.717, 1.165) is 16.9 Å². The molecular formula is C15H22ClNS. The zero-order valence-electron chi connectivity index (χ0n) is 10.8. The lowest BCUT2D eigenvalue weighted by Crippen LogP contribution is -2.32. The zero-order chi connectivity index (χ0) is 12.5. The van der Waals surface area contributed by atoms with Crippen molar-refractivity contribution in [3.63, 3.8) is 0 Å². The lowest BCUT2D eigenvalue weighted by atomic mass is 9.66. The highest BCUT2D eigenvalue weighted by atomic mass is 35.5. The number of nitrogens with two attached hydrogens (primary N) is 1. The van der Waals surface area contributed by atoms with E-state index in [1.54, 1.807) is 11.3 Å². The van der Waals surface area contributed by atoms with Crippen LogP contribution in [0.4, 0.5) is 0 Å². The monoisotopic (exact) mass is 283 g/mol. The molecule has 18 heavy (non-hydrogen) atoms. The van der Waals surface area contributed by atoms with E-state index >= 15 is 0 Å². The number of rotatable bonds is 2. The van der Waals surface area contributed by atoms with Crippen LogP contribution in [0.1, 0.15) is 55.9 Å². The van der Waals surface area contributed by atoms with Crippen LogP contribution in [0.2, 0.25) is 5.02 Å². The van der Waals surface area contributed by atoms with Gasteiger partial charge in [0.15, 0.2) is 0 Å². The van der Waals surface area contributed by atoms with E-state index in [1.807, 2.05) is 6.07 Å². The third kappa shape index (κ3) is 2.48. The van der Waals surface area contributed by atoms with Crippen molar-refractivity contribution in [2.75, 3.05) is 0 Å². The molecule has 3 heteroatoms. The van der Waals surface area contributed by atoms with Gasteiger partial charge in [0.25, 0.3) is 0 Å². The van der Waals surface area contributed by atoms with Crippen LogP contribution in [0.5, 0.6) is 0 Å². The highest BCUT2D eigenvalue weighted by Gasteiger charge is 2.35. The van der Waals surface area contributed by atoms with Crippen LogP contribution in [-0.2, 0) is 0 Å². The summed E-state index contributed by atoms with van der Waals surface area (Å²) in [4.78, 5) is 1.20. The number of fused-ring (bicyclic) bond motifs is 1. The summed E-state index contributed by atoms with van der Waals surface area (Å²) < 4.78 is 0. The average molecular weight is 284 g/mol. The minimum absolute atomic E-state index is 0.167. The van der Waals surface area contributed by atoms with Crippen molar-refractivity contribution in [2.45, 2.75) is 51.0 Å². The fourth-order valence-electron chi connectivity index (χ4n) is 3.99. The summed E-state index contributed by atoms with van der Waals surface area (Å²) in [6.07, 6.45) is 9.82. The van der Waals surface area contributed by atoms with E-state index in [9.17, 15) is 0 Å². The van der Waals surface area contributed by atoms with E-state index in [1.165, 1.54) is 49.8 Å². The molecule has 1 nitrogen and oxygen atoms in total. The van der Waals surface area contributed by atoms with Gasteiger partial charge in [-0.3, -0.25) is 0 Å². The minimum Gasteiger partial charge on any atom is -0.323 e. The first-order valence-electron chi connectivity index (χ1n) is 7.24. The topological polar surface area (TPSA) is 26.0 Å². The zero-order valence-corrected chi connectivity index (χ0v) is 12.3. The summed E-state index contributed by atoms with van der Waals surface area (Å²) in [5.41, 5.74) is 6.46. The van der Waals surface area contributed by atoms with Gasteiger partial charge in [0.05, 0.1) is 5.02 Å². The summed E-state index contributed by atoms with van der Waals surface area (Å²) in [6, 6.07) is 2.15. The predicted molar refractivity (Wildman–Crippen MR) is 79.0 cm³/mol. The molecule has 0 aromatic carbocycles. The van der Waals surface area contributed by atoms with E-state index in [4.69, 9.17) is 17.3 Å². The van der Waals surface area contributed by atoms with Gasteiger partial charge in [-0.2, -0.15) is 0 Å². The Hall–Kier alpha value is -0.0500. The maximum Gasteiger partial charge on any atom is 0.0561 e. The Bertz CT molecular complexity index is 403. The first kappa shape index (κ1) is 13.0. The van der Waals surface area contributed by atoms with Crippen LogP contribution in [0.25, 0.3) is 0 Å². The van der Waals surface area contributed by atoms with Crippen LogP contribution >= 0.6 is 22.9 Å². The van der Waals surface area contributed by atoms with Gasteiger partial charge >= 0.3 is 0 Å². The van der Waals surface area contributed by atoms with Crippen molar-refractivity contribution in [3.8, 4) is 0 Å². The largest absolute Gasteiger partial charge is 0.323 e. The van der Waals surface area contributed by atoms with Crippen LogP contribution in [0.3, 0.4) is 0 Å². The number of thiophene rings is 1. The van der Waals surface area contributed by atoms with Crippen molar-refractivity contribution < 1.29 is 0 Å². The molecule has 0 saturated heterocycles. The smallest absolute Gasteiger partial charge is 0.0561 e. The fourth-order valence-corrected chi connectivity index (χ4v) is 5.27. The molecule has 4 unspecified atom stereocenters. The summed E-state index contributed by atoms with van der Waals surface area (Å²) in [6.45, 7) is 0. The van der Waals surface area contributed by atoms with Crippen molar-refractivity contribution in [3.05, 3.63) is 21.3 Å². The molecule has 0 radical (unpaired) electrons. The van der Waals surface area contributed by atoms with E-state index < -0.39 is 0 Å². The van der Waals surface area contributed by atoms with Gasteiger partial charge in [-0.1, -0.05) is 37.3 Å². The molecule has 100 valence electrons. The first-order valence-corrected chi connectivity index (χ1v) is 8.50. The molecule has 2 aliphatic carbocycles. The second kappa shape index (κ2) is 5.52. The highest BCUT2D eigenvalue weighted by molar-refractivity contribution is 7.10. The molecule has 4 atom stereocenters. The predicted octanol–water partition coefficient (Wildman–Crippen LogP) is 5.01. The summed E-state index contributed by atoms with van der Waals surface area (Å²) in [5, 5.41) is 2.93. The van der Waals surface area contributed by atoms with Crippen molar-refractivity contribution in [1.82, 2.24) is 0 Å². The third-order valence-corrected chi connectivity index (χ3v) is 6.50. The second-order valence-electron chi connectivity index (χ2n) is 6.04. The van der Waals surface area contributed by atoms with Gasteiger partial charge in [-0.25, -0.2) is 0 Å². The fraction of sp³-hybridized carbons (Fsp3) is 0.733. The van der Waals surface area contributed by atoms with Crippen LogP contribution < -0.4 is 5.73 Å². The van der Waals surface area contributed by atoms with Crippen LogP contribution in [0, 0.1) is 17.8 Å². The molecule has 2 N–H and O–H groups in total. The summed E-state index contributed by atoms with van der Waals surface area (Å²) in [5.74, 6) is 2.60. The number of halogens is 1. The molecule has 1 heterocycles. The van der Waals surface area contributed by atoms with E-state index in [2.05, 4.69) is 5.38 Å². The molecule has 2 fully saturated rings. The highest BCUT2D eigenvalue weighted by Crippen LogP contribution is 2.46. The van der Waals surface area contributed by atoms with Crippen molar-refractivity contribution in [1.29, 1.82) is 0 Å². The quantitative estimate of drug-likeness (QED) is 0.811. The molecule has 0 amide bonds. The van der Waals surface area contributed by atoms with Gasteiger partial charge in [0.2, 0.25) is 0 Å². The van der Waals surface area contributed by atoms with E-state index in [0.29, 0.717) is 5.92 Å². The maximum atomic E-state index is 6.46. The molecule has 1 aromatic rings. The lowest BCUT2D eigenvalue weighted by molar-refractivity contribution is 0.118. The molecule has 0 bridgehead atoms. The Morgan fingerprint density at radius 1 is 1.17 bits per heavy atom. The standard InChI is InChI=1S/C15H22ClNS/c16-13-7-8-18-15(13)14(17)12-6-5-10-3-1-2-4-11(10)9-12/h7-8,10-12,14H,1-6,9,17H2. The maximum absolute atomic E-state index is 6.46. The minimum atomic E-state index is 0.167.